The molecule has 0 amide bonds. The van der Waals surface area contributed by atoms with Crippen LogP contribution in [0.5, 0.6) is 0 Å². The number of carboxylic acids is 3. The normalized spacial score (nSPS) is 7.83. The minimum Gasteiger partial charge on any atom is -1.00 e. The Bertz CT molecular complexity index is 242. The van der Waals surface area contributed by atoms with Crippen LogP contribution in [0, 0.1) is 0 Å². The van der Waals surface area contributed by atoms with Crippen molar-refractivity contribution >= 4 is 17.9 Å². The summed E-state index contributed by atoms with van der Waals surface area (Å²) in [7, 11) is 0. The third-order valence-corrected chi connectivity index (χ3v) is 1.29. The Morgan fingerprint density at radius 1 is 0.833 bits per heavy atom. The number of hydrogen-bond acceptors (Lipinski definition) is 4. The molecule has 0 rings (SSSR count). The minimum absolute atomic E-state index is 0. The number of hydrogen-bond donors (Lipinski definition) is 4. The van der Waals surface area contributed by atoms with E-state index in [9.17, 15) is 14.4 Å². The predicted molar refractivity (Wildman–Crippen MR) is 52.7 cm³/mol. The fourth-order valence-electron chi connectivity index (χ4n) is 0.714. The van der Waals surface area contributed by atoms with Gasteiger partial charge in [-0.25, -0.2) is 4.79 Å². The van der Waals surface area contributed by atoms with Gasteiger partial charge in [0.25, 0.3) is 0 Å². The van der Waals surface area contributed by atoms with Crippen LogP contribution in [0.3, 0.4) is 0 Å². The zero-order valence-electron chi connectivity index (χ0n) is 10.4. The van der Waals surface area contributed by atoms with E-state index in [-0.39, 0.29) is 42.2 Å². The molecule has 0 unspecified atom stereocenters. The Balaban J connectivity index is -0.0000000480. The molecule has 12 heteroatoms. The summed E-state index contributed by atoms with van der Waals surface area (Å²) in [6.45, 7) is 0. The maximum absolute atomic E-state index is 10.3. The molecule has 18 heavy (non-hydrogen) atoms. The van der Waals surface area contributed by atoms with E-state index in [0.717, 1.165) is 0 Å². The van der Waals surface area contributed by atoms with Crippen LogP contribution in [-0.4, -0.2) is 65.8 Å². The van der Waals surface area contributed by atoms with E-state index in [2.05, 4.69) is 0 Å². The molecule has 0 aliphatic heterocycles. The zero-order valence-corrected chi connectivity index (χ0v) is 9.43. The van der Waals surface area contributed by atoms with Crippen LogP contribution in [-0.2, 0) is 14.4 Å². The van der Waals surface area contributed by atoms with Gasteiger partial charge in [0.05, 0.1) is 12.8 Å². The van der Waals surface area contributed by atoms with Crippen LogP contribution in [0.2, 0.25) is 0 Å². The molecule has 108 valence electrons. The number of rotatable bonds is 5. The first-order valence-electron chi connectivity index (χ1n) is 3.17. The summed E-state index contributed by atoms with van der Waals surface area (Å²) in [4.78, 5) is 30.5. The van der Waals surface area contributed by atoms with Crippen molar-refractivity contribution in [2.45, 2.75) is 18.4 Å². The zero-order chi connectivity index (χ0) is 10.6. The Morgan fingerprint density at radius 2 is 1.06 bits per heavy atom. The second-order valence-electron chi connectivity index (χ2n) is 2.48. The molecule has 0 radical (unpaired) electrons. The molecule has 0 aromatic rings. The molecule has 0 bridgehead atoms. The van der Waals surface area contributed by atoms with Gasteiger partial charge in [-0.1, -0.05) is 0 Å². The summed E-state index contributed by atoms with van der Waals surface area (Å²) in [5.74, 6) is -5.02. The van der Waals surface area contributed by atoms with Gasteiger partial charge in [-0.3, -0.25) is 9.59 Å². The Morgan fingerprint density at radius 3 is 1.17 bits per heavy atom. The summed E-state index contributed by atoms with van der Waals surface area (Å²) in [5.41, 5.74) is -2.74. The number of carboxylic acid groups (broad SMARTS) is 3. The van der Waals surface area contributed by atoms with Crippen LogP contribution >= 0.6 is 0 Å². The minimum atomic E-state index is -2.74. The summed E-state index contributed by atoms with van der Waals surface area (Å²) >= 11 is 0. The Hall–Kier alpha value is -1.19. The van der Waals surface area contributed by atoms with E-state index < -0.39 is 36.4 Å². The fraction of sp³-hybridized carbons (Fsp3) is 0.500. The topological polar surface area (TPSA) is 258 Å². The van der Waals surface area contributed by atoms with Crippen LogP contribution < -0.4 is 18.9 Å². The van der Waals surface area contributed by atoms with Crippen LogP contribution in [0.1, 0.15) is 14.3 Å². The van der Waals surface area contributed by atoms with Crippen molar-refractivity contribution in [2.75, 3.05) is 0 Å². The van der Waals surface area contributed by atoms with E-state index in [1.165, 1.54) is 0 Å². The van der Waals surface area contributed by atoms with Gasteiger partial charge < -0.3 is 43.8 Å². The van der Waals surface area contributed by atoms with Gasteiger partial charge in [0, 0.05) is 0 Å². The van der Waals surface area contributed by atoms with Crippen molar-refractivity contribution in [3.8, 4) is 0 Å². The number of aliphatic hydroxyl groups is 1. The maximum atomic E-state index is 10.3. The van der Waals surface area contributed by atoms with Gasteiger partial charge in [0.15, 0.2) is 5.60 Å². The van der Waals surface area contributed by atoms with Crippen molar-refractivity contribution < 1.29 is 77.0 Å². The van der Waals surface area contributed by atoms with E-state index in [4.69, 9.17) is 20.4 Å². The SMILES string of the molecule is O.O.O.O.O=C(O)CC(O)(CC(=O)O)C(=O)O.[H-].[Li+]. The van der Waals surface area contributed by atoms with Crippen LogP contribution in [0.15, 0.2) is 0 Å². The molecular formula is C6H17LiO11. The van der Waals surface area contributed by atoms with E-state index in [0.29, 0.717) is 0 Å². The molecule has 0 heterocycles. The molecule has 0 aliphatic carbocycles. The van der Waals surface area contributed by atoms with Crippen LogP contribution in [0.4, 0.5) is 0 Å². The second-order valence-corrected chi connectivity index (χ2v) is 2.48. The average Bonchev–Trinajstić information content (AvgIpc) is 1.82. The summed E-state index contributed by atoms with van der Waals surface area (Å²) in [6.07, 6.45) is -2.29. The third kappa shape index (κ3) is 12.9. The maximum Gasteiger partial charge on any atom is 1.00 e. The van der Waals surface area contributed by atoms with Gasteiger partial charge in [-0.05, 0) is 0 Å². The van der Waals surface area contributed by atoms with E-state index in [1.54, 1.807) is 0 Å². The molecule has 0 saturated heterocycles. The van der Waals surface area contributed by atoms with Crippen LogP contribution in [0.25, 0.3) is 0 Å². The first-order chi connectivity index (χ1) is 5.78. The van der Waals surface area contributed by atoms with Gasteiger partial charge in [0.1, 0.15) is 0 Å². The molecule has 12 N–H and O–H groups in total. The molecule has 11 nitrogen and oxygen atoms in total. The van der Waals surface area contributed by atoms with Gasteiger partial charge in [0.2, 0.25) is 0 Å². The molecule has 0 spiro atoms. The molecule has 0 fully saturated rings. The van der Waals surface area contributed by atoms with Crippen molar-refractivity contribution in [2.24, 2.45) is 0 Å². The Kier molecular flexibility index (Phi) is 27.7. The largest absolute Gasteiger partial charge is 1.00 e. The Labute approximate surface area is 114 Å². The van der Waals surface area contributed by atoms with Crippen molar-refractivity contribution in [1.82, 2.24) is 0 Å². The molecule has 0 aliphatic rings. The van der Waals surface area contributed by atoms with Gasteiger partial charge in [-0.15, -0.1) is 0 Å². The van der Waals surface area contributed by atoms with Crippen molar-refractivity contribution in [3.05, 3.63) is 0 Å². The molecular weight excluding hydrogens is 255 g/mol. The fourth-order valence-corrected chi connectivity index (χ4v) is 0.714. The summed E-state index contributed by atoms with van der Waals surface area (Å²) in [6, 6.07) is 0. The van der Waals surface area contributed by atoms with Gasteiger partial charge >= 0.3 is 36.8 Å². The monoisotopic (exact) mass is 272 g/mol. The quantitative estimate of drug-likeness (QED) is 0.350. The number of carbonyl (C=O) groups is 3. The number of aliphatic carboxylic acids is 3. The first kappa shape index (κ1) is 36.0. The molecule has 0 atom stereocenters. The van der Waals surface area contributed by atoms with Crippen molar-refractivity contribution in [1.29, 1.82) is 0 Å². The second kappa shape index (κ2) is 13.9. The third-order valence-electron chi connectivity index (χ3n) is 1.29. The first-order valence-corrected chi connectivity index (χ1v) is 3.17. The van der Waals surface area contributed by atoms with E-state index >= 15 is 0 Å². The van der Waals surface area contributed by atoms with E-state index in [1.807, 2.05) is 0 Å². The van der Waals surface area contributed by atoms with Crippen molar-refractivity contribution in [3.63, 3.8) is 0 Å². The summed E-state index contributed by atoms with van der Waals surface area (Å²) < 4.78 is 0. The molecule has 0 aromatic heterocycles. The summed E-state index contributed by atoms with van der Waals surface area (Å²) in [5, 5.41) is 33.8. The standard InChI is InChI=1S/C6H8O7.Li.4H2O.H/c7-3(8)1-6(13,5(11)12)2-4(9)10;;;;;;/h13H,1-2H2,(H,7,8)(H,9,10)(H,11,12);;4*1H2;/q;+1;;;;;-1. The molecule has 0 aromatic carbocycles. The van der Waals surface area contributed by atoms with Gasteiger partial charge in [-0.2, -0.15) is 0 Å². The predicted octanol–water partition coefficient (Wildman–Crippen LogP) is -7.43. The molecule has 0 saturated carbocycles. The smallest absolute Gasteiger partial charge is 1.00 e. The average molecular weight is 272 g/mol.